The summed E-state index contributed by atoms with van der Waals surface area (Å²) in [5.74, 6) is -0.451. The number of nitrogens with zero attached hydrogens (tertiary/aromatic N) is 1. The lowest BCUT2D eigenvalue weighted by atomic mass is 9.89. The Bertz CT molecular complexity index is 556. The summed E-state index contributed by atoms with van der Waals surface area (Å²) in [4.78, 5) is 11.6. The molecule has 1 heterocycles. The molecule has 0 aliphatic carbocycles. The zero-order chi connectivity index (χ0) is 13.4. The summed E-state index contributed by atoms with van der Waals surface area (Å²) >= 11 is 0. The molecule has 98 valence electrons. The maximum absolute atomic E-state index is 12.3. The van der Waals surface area contributed by atoms with Crippen LogP contribution in [0.4, 0.5) is 0 Å². The van der Waals surface area contributed by atoms with Crippen LogP contribution >= 0.6 is 0 Å². The van der Waals surface area contributed by atoms with Crippen molar-refractivity contribution < 1.29 is 13.2 Å². The second-order valence-corrected chi connectivity index (χ2v) is 6.76. The van der Waals surface area contributed by atoms with Crippen molar-refractivity contribution in [3.63, 3.8) is 0 Å². The summed E-state index contributed by atoms with van der Waals surface area (Å²) in [5.41, 5.74) is 4.55. The number of primary amides is 1. The van der Waals surface area contributed by atoms with E-state index < -0.39 is 21.3 Å². The van der Waals surface area contributed by atoms with Gasteiger partial charge in [0.05, 0.1) is 10.3 Å². The molecule has 18 heavy (non-hydrogen) atoms. The smallest absolute Gasteiger partial charge is 0.243 e. The molecule has 1 aliphatic rings. The molecular weight excluding hydrogens is 252 g/mol. The van der Waals surface area contributed by atoms with E-state index in [2.05, 4.69) is 0 Å². The van der Waals surface area contributed by atoms with E-state index in [1.807, 2.05) is 0 Å². The minimum absolute atomic E-state index is 0.152. The minimum atomic E-state index is -3.52. The topological polar surface area (TPSA) is 80.5 Å². The number of nitrogens with two attached hydrogens (primary N) is 1. The van der Waals surface area contributed by atoms with Crippen LogP contribution in [0.25, 0.3) is 0 Å². The van der Waals surface area contributed by atoms with Gasteiger partial charge in [0, 0.05) is 13.1 Å². The van der Waals surface area contributed by atoms with Crippen molar-refractivity contribution in [2.75, 3.05) is 13.1 Å². The van der Waals surface area contributed by atoms with E-state index >= 15 is 0 Å². The summed E-state index contributed by atoms with van der Waals surface area (Å²) in [6.07, 6.45) is 0.467. The van der Waals surface area contributed by atoms with Gasteiger partial charge in [0.2, 0.25) is 15.9 Å². The predicted molar refractivity (Wildman–Crippen MR) is 67.1 cm³/mol. The molecule has 0 spiro atoms. The third-order valence-electron chi connectivity index (χ3n) is 3.41. The van der Waals surface area contributed by atoms with Crippen LogP contribution in [-0.2, 0) is 14.8 Å². The monoisotopic (exact) mass is 268 g/mol. The highest BCUT2D eigenvalue weighted by Gasteiger charge is 2.43. The number of carbonyl (C=O) groups excluding carboxylic acids is 1. The highest BCUT2D eigenvalue weighted by atomic mass is 32.2. The van der Waals surface area contributed by atoms with E-state index in [4.69, 9.17) is 5.73 Å². The number of carbonyl (C=O) groups is 1. The molecule has 1 aromatic carbocycles. The Hall–Kier alpha value is -1.40. The Morgan fingerprint density at radius 1 is 1.33 bits per heavy atom. The molecule has 1 atom stereocenters. The summed E-state index contributed by atoms with van der Waals surface area (Å²) in [6, 6.07) is 8.22. The van der Waals surface area contributed by atoms with Crippen molar-refractivity contribution in [1.82, 2.24) is 4.31 Å². The molecule has 2 N–H and O–H groups in total. The van der Waals surface area contributed by atoms with Crippen molar-refractivity contribution in [1.29, 1.82) is 0 Å². The zero-order valence-electron chi connectivity index (χ0n) is 10.2. The van der Waals surface area contributed by atoms with Crippen LogP contribution in [0, 0.1) is 5.41 Å². The first-order valence-corrected chi connectivity index (χ1v) is 7.15. The molecule has 0 radical (unpaired) electrons. The molecule has 1 unspecified atom stereocenters. The van der Waals surface area contributed by atoms with Crippen molar-refractivity contribution >= 4 is 15.9 Å². The first-order valence-electron chi connectivity index (χ1n) is 5.71. The number of sulfonamides is 1. The van der Waals surface area contributed by atoms with Crippen LogP contribution < -0.4 is 5.73 Å². The SMILES string of the molecule is CC1(C(N)=O)CCN(S(=O)(=O)c2ccccc2)C1. The largest absolute Gasteiger partial charge is 0.369 e. The molecule has 0 aromatic heterocycles. The standard InChI is InChI=1S/C12H16N2O3S/c1-12(11(13)15)7-8-14(9-12)18(16,17)10-5-3-2-4-6-10/h2-6H,7-9H2,1H3,(H2,13,15). The second-order valence-electron chi connectivity index (χ2n) is 4.83. The van der Waals surface area contributed by atoms with Crippen LogP contribution in [-0.4, -0.2) is 31.7 Å². The van der Waals surface area contributed by atoms with Crippen LogP contribution in [0.5, 0.6) is 0 Å². The third-order valence-corrected chi connectivity index (χ3v) is 5.27. The zero-order valence-corrected chi connectivity index (χ0v) is 11.0. The normalized spacial score (nSPS) is 25.2. The summed E-state index contributed by atoms with van der Waals surface area (Å²) in [7, 11) is -3.52. The summed E-state index contributed by atoms with van der Waals surface area (Å²) in [6.45, 7) is 2.19. The number of hydrogen-bond donors (Lipinski definition) is 1. The molecule has 1 amide bonds. The van der Waals surface area contributed by atoms with Gasteiger partial charge in [-0.05, 0) is 25.5 Å². The van der Waals surface area contributed by atoms with Crippen molar-refractivity contribution in [3.05, 3.63) is 30.3 Å². The van der Waals surface area contributed by atoms with Gasteiger partial charge in [0.1, 0.15) is 0 Å². The van der Waals surface area contributed by atoms with Crippen LogP contribution in [0.2, 0.25) is 0 Å². The molecule has 1 aromatic rings. The van der Waals surface area contributed by atoms with Crippen LogP contribution in [0.1, 0.15) is 13.3 Å². The van der Waals surface area contributed by atoms with Crippen molar-refractivity contribution in [2.24, 2.45) is 11.1 Å². The maximum Gasteiger partial charge on any atom is 0.243 e. The van der Waals surface area contributed by atoms with E-state index in [1.54, 1.807) is 37.3 Å². The fourth-order valence-electron chi connectivity index (χ4n) is 2.07. The van der Waals surface area contributed by atoms with Gasteiger partial charge in [-0.1, -0.05) is 18.2 Å². The van der Waals surface area contributed by atoms with Crippen LogP contribution in [0.3, 0.4) is 0 Å². The lowest BCUT2D eigenvalue weighted by Gasteiger charge is -2.20. The fraction of sp³-hybridized carbons (Fsp3) is 0.417. The molecule has 6 heteroatoms. The number of benzene rings is 1. The Morgan fingerprint density at radius 3 is 2.44 bits per heavy atom. The van der Waals surface area contributed by atoms with E-state index in [1.165, 1.54) is 4.31 Å². The minimum Gasteiger partial charge on any atom is -0.369 e. The Labute approximate surface area is 107 Å². The second kappa shape index (κ2) is 4.37. The van der Waals surface area contributed by atoms with Gasteiger partial charge in [-0.25, -0.2) is 8.42 Å². The van der Waals surface area contributed by atoms with Gasteiger partial charge in [0.25, 0.3) is 0 Å². The summed E-state index contributed by atoms with van der Waals surface area (Å²) in [5, 5.41) is 0. The Morgan fingerprint density at radius 2 is 1.94 bits per heavy atom. The lowest BCUT2D eigenvalue weighted by molar-refractivity contribution is -0.126. The number of hydrogen-bond acceptors (Lipinski definition) is 3. The first-order chi connectivity index (χ1) is 8.36. The quantitative estimate of drug-likeness (QED) is 0.870. The van der Waals surface area contributed by atoms with E-state index in [0.717, 1.165) is 0 Å². The van der Waals surface area contributed by atoms with Crippen LogP contribution in [0.15, 0.2) is 35.2 Å². The third kappa shape index (κ3) is 2.13. The molecule has 1 fully saturated rings. The molecule has 0 saturated carbocycles. The van der Waals surface area contributed by atoms with Crippen molar-refractivity contribution in [3.8, 4) is 0 Å². The lowest BCUT2D eigenvalue weighted by Crippen LogP contribution is -2.38. The van der Waals surface area contributed by atoms with Gasteiger partial charge in [-0.2, -0.15) is 4.31 Å². The van der Waals surface area contributed by atoms with Gasteiger partial charge >= 0.3 is 0 Å². The Balaban J connectivity index is 2.27. The highest BCUT2D eigenvalue weighted by molar-refractivity contribution is 7.89. The molecular formula is C12H16N2O3S. The average Bonchev–Trinajstić information content (AvgIpc) is 2.75. The number of amides is 1. The molecule has 0 bridgehead atoms. The highest BCUT2D eigenvalue weighted by Crippen LogP contribution is 2.32. The molecule has 2 rings (SSSR count). The maximum atomic E-state index is 12.3. The molecule has 1 aliphatic heterocycles. The van der Waals surface area contributed by atoms with Gasteiger partial charge in [-0.3, -0.25) is 4.79 Å². The fourth-order valence-corrected chi connectivity index (χ4v) is 3.65. The van der Waals surface area contributed by atoms with Gasteiger partial charge in [-0.15, -0.1) is 0 Å². The molecule has 5 nitrogen and oxygen atoms in total. The van der Waals surface area contributed by atoms with Gasteiger partial charge in [0.15, 0.2) is 0 Å². The van der Waals surface area contributed by atoms with Gasteiger partial charge < -0.3 is 5.73 Å². The van der Waals surface area contributed by atoms with E-state index in [-0.39, 0.29) is 11.4 Å². The average molecular weight is 268 g/mol. The Kier molecular flexibility index (Phi) is 3.16. The van der Waals surface area contributed by atoms with Crippen molar-refractivity contribution in [2.45, 2.75) is 18.2 Å². The first kappa shape index (κ1) is 13.0. The predicted octanol–water partition coefficient (Wildman–Crippen LogP) is 0.573. The van der Waals surface area contributed by atoms with E-state index in [0.29, 0.717) is 13.0 Å². The molecule has 1 saturated heterocycles. The van der Waals surface area contributed by atoms with E-state index in [9.17, 15) is 13.2 Å². The number of rotatable bonds is 3. The summed E-state index contributed by atoms with van der Waals surface area (Å²) < 4.78 is 26.0.